The molecule has 1 heterocycles. The van der Waals surface area contributed by atoms with Crippen molar-refractivity contribution in [2.75, 3.05) is 0 Å². The fourth-order valence-corrected chi connectivity index (χ4v) is 2.77. The first-order valence-electron chi connectivity index (χ1n) is 9.08. The van der Waals surface area contributed by atoms with E-state index < -0.39 is 48.6 Å². The summed E-state index contributed by atoms with van der Waals surface area (Å²) in [6.45, 7) is 3.82. The van der Waals surface area contributed by atoms with Gasteiger partial charge in [0.2, 0.25) is 6.29 Å². The Morgan fingerprint density at radius 1 is 1.03 bits per heavy atom. The SMILES string of the molecule is CC(=O)O[C@@H]1[C@H](ONC(=O)/C=C/c2ccc(C=O)cc2)O[C@@H](C)[C@@H](OC(C)=O)[C@H]1O. The number of hydroxylamine groups is 1. The summed E-state index contributed by atoms with van der Waals surface area (Å²) in [5.74, 6) is -2.02. The van der Waals surface area contributed by atoms with Gasteiger partial charge in [-0.15, -0.1) is 0 Å². The normalized spacial score (nSPS) is 26.1. The van der Waals surface area contributed by atoms with E-state index in [2.05, 4.69) is 5.48 Å². The van der Waals surface area contributed by atoms with Crippen molar-refractivity contribution in [3.05, 3.63) is 41.5 Å². The Morgan fingerprint density at radius 2 is 1.60 bits per heavy atom. The van der Waals surface area contributed by atoms with E-state index in [1.807, 2.05) is 0 Å². The summed E-state index contributed by atoms with van der Waals surface area (Å²) in [5.41, 5.74) is 3.31. The number of carbonyl (C=O) groups is 4. The van der Waals surface area contributed by atoms with Gasteiger partial charge < -0.3 is 19.3 Å². The molecule has 1 fully saturated rings. The predicted molar refractivity (Wildman–Crippen MR) is 102 cm³/mol. The Morgan fingerprint density at radius 3 is 2.17 bits per heavy atom. The Kier molecular flexibility index (Phi) is 8.22. The molecule has 10 nitrogen and oxygen atoms in total. The molecule has 0 unspecified atom stereocenters. The van der Waals surface area contributed by atoms with Crippen molar-refractivity contribution >= 4 is 30.2 Å². The molecular formula is C20H23NO9. The molecule has 0 bridgehead atoms. The number of carbonyl (C=O) groups excluding carboxylic acids is 4. The fraction of sp³-hybridized carbons (Fsp3) is 0.400. The third-order valence-electron chi connectivity index (χ3n) is 4.13. The summed E-state index contributed by atoms with van der Waals surface area (Å²) in [6, 6.07) is 6.51. The molecule has 0 aromatic heterocycles. The van der Waals surface area contributed by atoms with Gasteiger partial charge in [-0.05, 0) is 18.6 Å². The lowest BCUT2D eigenvalue weighted by Gasteiger charge is -2.41. The summed E-state index contributed by atoms with van der Waals surface area (Å²) in [5, 5.41) is 10.5. The standard InChI is InChI=1S/C20H23NO9/c1-11-18(28-12(2)23)17(26)19(29-13(3)24)20(27-11)30-21-16(25)9-8-14-4-6-15(10-22)7-5-14/h4-11,17-20,26H,1-3H3,(H,21,25)/b9-8+/t11-,17+,18+,19-,20-/m0/s1. The maximum Gasteiger partial charge on any atom is 0.303 e. The third kappa shape index (κ3) is 6.48. The van der Waals surface area contributed by atoms with E-state index in [1.54, 1.807) is 24.3 Å². The van der Waals surface area contributed by atoms with Gasteiger partial charge in [0.25, 0.3) is 5.91 Å². The molecule has 1 aromatic carbocycles. The van der Waals surface area contributed by atoms with Crippen molar-refractivity contribution < 1.29 is 43.3 Å². The van der Waals surface area contributed by atoms with Crippen LogP contribution in [0.4, 0.5) is 0 Å². The molecule has 5 atom stereocenters. The van der Waals surface area contributed by atoms with Gasteiger partial charge in [-0.1, -0.05) is 24.3 Å². The molecule has 162 valence electrons. The quantitative estimate of drug-likeness (QED) is 0.279. The molecule has 1 aliphatic heterocycles. The smallest absolute Gasteiger partial charge is 0.303 e. The minimum Gasteiger partial charge on any atom is -0.457 e. The highest BCUT2D eigenvalue weighted by molar-refractivity contribution is 5.91. The Labute approximate surface area is 172 Å². The van der Waals surface area contributed by atoms with Crippen molar-refractivity contribution in [2.24, 2.45) is 0 Å². The number of hydrogen-bond donors (Lipinski definition) is 2. The van der Waals surface area contributed by atoms with Gasteiger partial charge in [0, 0.05) is 25.5 Å². The van der Waals surface area contributed by atoms with Crippen LogP contribution in [0.15, 0.2) is 30.3 Å². The maximum atomic E-state index is 12.0. The number of benzene rings is 1. The molecule has 10 heteroatoms. The highest BCUT2D eigenvalue weighted by atomic mass is 16.8. The number of amides is 1. The van der Waals surface area contributed by atoms with Crippen molar-refractivity contribution in [2.45, 2.75) is 51.5 Å². The minimum absolute atomic E-state index is 0.505. The topological polar surface area (TPSA) is 137 Å². The third-order valence-corrected chi connectivity index (χ3v) is 4.13. The first-order chi connectivity index (χ1) is 14.2. The van der Waals surface area contributed by atoms with Gasteiger partial charge in [-0.25, -0.2) is 10.3 Å². The molecular weight excluding hydrogens is 398 g/mol. The second-order valence-corrected chi connectivity index (χ2v) is 6.55. The minimum atomic E-state index is -1.43. The van der Waals surface area contributed by atoms with Crippen LogP contribution < -0.4 is 5.48 Å². The average molecular weight is 421 g/mol. The van der Waals surface area contributed by atoms with E-state index in [0.29, 0.717) is 17.4 Å². The van der Waals surface area contributed by atoms with E-state index in [0.717, 1.165) is 6.92 Å². The molecule has 1 aromatic rings. The number of ether oxygens (including phenoxy) is 3. The number of nitrogens with one attached hydrogen (secondary N) is 1. The molecule has 1 aliphatic rings. The van der Waals surface area contributed by atoms with Crippen LogP contribution in [0.3, 0.4) is 0 Å². The summed E-state index contributed by atoms with van der Waals surface area (Å²) < 4.78 is 15.6. The van der Waals surface area contributed by atoms with Crippen LogP contribution in [0.2, 0.25) is 0 Å². The highest BCUT2D eigenvalue weighted by Crippen LogP contribution is 2.26. The first kappa shape index (κ1) is 23.2. The van der Waals surface area contributed by atoms with Crippen LogP contribution in [0.25, 0.3) is 6.08 Å². The molecule has 0 aliphatic carbocycles. The maximum absolute atomic E-state index is 12.0. The number of rotatable bonds is 7. The van der Waals surface area contributed by atoms with Gasteiger partial charge in [-0.3, -0.25) is 19.2 Å². The second-order valence-electron chi connectivity index (χ2n) is 6.55. The van der Waals surface area contributed by atoms with Gasteiger partial charge in [0.1, 0.15) is 12.4 Å². The molecule has 1 amide bonds. The highest BCUT2D eigenvalue weighted by Gasteiger charge is 2.48. The number of aliphatic hydroxyl groups is 1. The summed E-state index contributed by atoms with van der Waals surface area (Å²) >= 11 is 0. The molecule has 2 rings (SSSR count). The van der Waals surface area contributed by atoms with Crippen LogP contribution in [0, 0.1) is 0 Å². The lowest BCUT2D eigenvalue weighted by atomic mass is 9.99. The first-order valence-corrected chi connectivity index (χ1v) is 9.08. The molecule has 0 spiro atoms. The lowest BCUT2D eigenvalue weighted by molar-refractivity contribution is -0.309. The number of aliphatic hydroxyl groups excluding tert-OH is 1. The average Bonchev–Trinajstić information content (AvgIpc) is 2.70. The van der Waals surface area contributed by atoms with Gasteiger partial charge in [0.05, 0.1) is 6.10 Å². The monoisotopic (exact) mass is 421 g/mol. The van der Waals surface area contributed by atoms with Gasteiger partial charge in [0.15, 0.2) is 12.2 Å². The van der Waals surface area contributed by atoms with E-state index in [1.165, 1.54) is 26.0 Å². The van der Waals surface area contributed by atoms with Gasteiger partial charge in [-0.2, -0.15) is 0 Å². The summed E-state index contributed by atoms with van der Waals surface area (Å²) in [4.78, 5) is 50.5. The lowest BCUT2D eigenvalue weighted by Crippen LogP contribution is -2.60. The molecule has 0 radical (unpaired) electrons. The van der Waals surface area contributed by atoms with Crippen LogP contribution in [0.5, 0.6) is 0 Å². The van der Waals surface area contributed by atoms with Crippen molar-refractivity contribution in [3.63, 3.8) is 0 Å². The van der Waals surface area contributed by atoms with E-state index >= 15 is 0 Å². The zero-order chi connectivity index (χ0) is 22.3. The van der Waals surface area contributed by atoms with Crippen LogP contribution >= 0.6 is 0 Å². The molecule has 0 saturated carbocycles. The van der Waals surface area contributed by atoms with Crippen molar-refractivity contribution in [1.82, 2.24) is 5.48 Å². The molecule has 30 heavy (non-hydrogen) atoms. The number of hydrogen-bond acceptors (Lipinski definition) is 9. The largest absolute Gasteiger partial charge is 0.457 e. The predicted octanol–water partition coefficient (Wildman–Crippen LogP) is 0.529. The zero-order valence-electron chi connectivity index (χ0n) is 16.6. The Balaban J connectivity index is 2.00. The number of esters is 2. The van der Waals surface area contributed by atoms with E-state index in [9.17, 15) is 24.3 Å². The zero-order valence-corrected chi connectivity index (χ0v) is 16.6. The second kappa shape index (κ2) is 10.6. The van der Waals surface area contributed by atoms with Crippen LogP contribution in [-0.4, -0.2) is 59.9 Å². The van der Waals surface area contributed by atoms with E-state index in [-0.39, 0.29) is 0 Å². The molecule has 2 N–H and O–H groups in total. The summed E-state index contributed by atoms with van der Waals surface area (Å²) in [6.07, 6.45) is -2.62. The van der Waals surface area contributed by atoms with Crippen LogP contribution in [-0.2, 0) is 33.4 Å². The molecule has 1 saturated heterocycles. The van der Waals surface area contributed by atoms with Crippen molar-refractivity contribution in [1.29, 1.82) is 0 Å². The summed E-state index contributed by atoms with van der Waals surface area (Å²) in [7, 11) is 0. The Hall–Kier alpha value is -3.08. The van der Waals surface area contributed by atoms with E-state index in [4.69, 9.17) is 19.0 Å². The van der Waals surface area contributed by atoms with Crippen molar-refractivity contribution in [3.8, 4) is 0 Å². The van der Waals surface area contributed by atoms with Gasteiger partial charge >= 0.3 is 11.9 Å². The Bertz CT molecular complexity index is 805. The fourth-order valence-electron chi connectivity index (χ4n) is 2.77. The van der Waals surface area contributed by atoms with Crippen LogP contribution in [0.1, 0.15) is 36.7 Å². The number of aldehydes is 1.